The van der Waals surface area contributed by atoms with Gasteiger partial charge in [0.05, 0.1) is 5.02 Å². The van der Waals surface area contributed by atoms with Crippen molar-refractivity contribution in [2.75, 3.05) is 6.54 Å². The summed E-state index contributed by atoms with van der Waals surface area (Å²) in [6, 6.07) is 3.16. The van der Waals surface area contributed by atoms with Gasteiger partial charge < -0.3 is 5.32 Å². The molecule has 0 amide bonds. The molecule has 4 heteroatoms. The maximum absolute atomic E-state index is 13.9. The lowest BCUT2D eigenvalue weighted by Gasteiger charge is -2.21. The van der Waals surface area contributed by atoms with Gasteiger partial charge in [0.25, 0.3) is 0 Å². The van der Waals surface area contributed by atoms with E-state index >= 15 is 0 Å². The zero-order valence-corrected chi connectivity index (χ0v) is 12.7. The van der Waals surface area contributed by atoms with Gasteiger partial charge in [0, 0.05) is 16.1 Å². The van der Waals surface area contributed by atoms with Gasteiger partial charge >= 0.3 is 0 Å². The summed E-state index contributed by atoms with van der Waals surface area (Å²) in [7, 11) is 0. The Morgan fingerprint density at radius 2 is 2.06 bits per heavy atom. The van der Waals surface area contributed by atoms with Crippen LogP contribution < -0.4 is 5.32 Å². The van der Waals surface area contributed by atoms with Crippen LogP contribution in [-0.2, 0) is 0 Å². The van der Waals surface area contributed by atoms with Gasteiger partial charge in [-0.15, -0.1) is 0 Å². The van der Waals surface area contributed by atoms with Gasteiger partial charge in [-0.3, -0.25) is 0 Å². The first kappa shape index (κ1) is 14.9. The fourth-order valence-electron chi connectivity index (χ4n) is 1.84. The minimum atomic E-state index is -0.215. The molecular weight excluding hydrogens is 305 g/mol. The Labute approximate surface area is 116 Å². The van der Waals surface area contributed by atoms with Gasteiger partial charge in [-0.1, -0.05) is 32.4 Å². The summed E-state index contributed by atoms with van der Waals surface area (Å²) < 4.78 is 14.5. The Morgan fingerprint density at radius 3 is 2.59 bits per heavy atom. The molecule has 17 heavy (non-hydrogen) atoms. The van der Waals surface area contributed by atoms with Crippen LogP contribution in [0.1, 0.15) is 38.8 Å². The molecule has 1 nitrogen and oxygen atoms in total. The molecule has 0 aromatic heterocycles. The summed E-state index contributed by atoms with van der Waals surface area (Å²) in [5.41, 5.74) is 0.647. The van der Waals surface area contributed by atoms with E-state index in [2.05, 4.69) is 35.1 Å². The van der Waals surface area contributed by atoms with Gasteiger partial charge in [-0.05, 0) is 46.9 Å². The molecule has 0 heterocycles. The van der Waals surface area contributed by atoms with Crippen LogP contribution in [0.5, 0.6) is 0 Å². The molecule has 0 aliphatic heterocycles. The van der Waals surface area contributed by atoms with Crippen LogP contribution in [0.2, 0.25) is 5.02 Å². The zero-order valence-electron chi connectivity index (χ0n) is 10.4. The molecule has 0 saturated carbocycles. The lowest BCUT2D eigenvalue weighted by Crippen LogP contribution is -2.23. The van der Waals surface area contributed by atoms with Crippen molar-refractivity contribution in [2.45, 2.75) is 33.2 Å². The maximum Gasteiger partial charge on any atom is 0.129 e. The van der Waals surface area contributed by atoms with Crippen molar-refractivity contribution in [1.82, 2.24) is 5.32 Å². The Kier molecular flexibility index (Phi) is 5.90. The summed E-state index contributed by atoms with van der Waals surface area (Å²) in [4.78, 5) is 0. The third kappa shape index (κ3) is 4.23. The van der Waals surface area contributed by atoms with Crippen LogP contribution >= 0.6 is 27.5 Å². The molecule has 96 valence electrons. The molecule has 0 radical (unpaired) electrons. The summed E-state index contributed by atoms with van der Waals surface area (Å²) in [6.07, 6.45) is 0.892. The number of halogens is 3. The summed E-state index contributed by atoms with van der Waals surface area (Å²) in [6.45, 7) is 7.08. The summed E-state index contributed by atoms with van der Waals surface area (Å²) in [5.74, 6) is 0.286. The smallest absolute Gasteiger partial charge is 0.129 e. The second-order valence-corrected chi connectivity index (χ2v) is 5.79. The lowest BCUT2D eigenvalue weighted by atomic mass is 9.96. The predicted octanol–water partition coefficient (Wildman–Crippen LogP) is 4.94. The Hall–Kier alpha value is -0.120. The Morgan fingerprint density at radius 1 is 1.41 bits per heavy atom. The minimum Gasteiger partial charge on any atom is -0.310 e. The molecule has 1 unspecified atom stereocenters. The molecule has 0 saturated heterocycles. The van der Waals surface area contributed by atoms with Crippen LogP contribution in [-0.4, -0.2) is 6.54 Å². The van der Waals surface area contributed by atoms with Gasteiger partial charge in [-0.25, -0.2) is 4.39 Å². The van der Waals surface area contributed by atoms with Crippen molar-refractivity contribution in [3.8, 4) is 0 Å². The average molecular weight is 323 g/mol. The van der Waals surface area contributed by atoms with Crippen molar-refractivity contribution in [3.05, 3.63) is 33.0 Å². The van der Waals surface area contributed by atoms with Gasteiger partial charge in [-0.2, -0.15) is 0 Å². The number of hydrogen-bond donors (Lipinski definition) is 1. The van der Waals surface area contributed by atoms with E-state index in [1.54, 1.807) is 6.07 Å². The topological polar surface area (TPSA) is 12.0 Å². The van der Waals surface area contributed by atoms with Gasteiger partial charge in [0.15, 0.2) is 0 Å². The van der Waals surface area contributed by atoms with Crippen LogP contribution in [0.15, 0.2) is 16.6 Å². The third-order valence-corrected chi connectivity index (χ3v) is 3.77. The van der Waals surface area contributed by atoms with E-state index in [-0.39, 0.29) is 11.9 Å². The molecule has 0 fully saturated rings. The molecule has 1 aromatic rings. The van der Waals surface area contributed by atoms with Crippen LogP contribution in [0.4, 0.5) is 4.39 Å². The summed E-state index contributed by atoms with van der Waals surface area (Å²) >= 11 is 9.25. The molecule has 1 atom stereocenters. The molecule has 0 spiro atoms. The Balaban J connectivity index is 3.04. The van der Waals surface area contributed by atoms with Crippen LogP contribution in [0.25, 0.3) is 0 Å². The van der Waals surface area contributed by atoms with E-state index in [0.29, 0.717) is 21.0 Å². The standard InChI is InChI=1S/C13H18BrClFN/c1-4-17-13(5-8(2)3)9-6-11(15)10(14)7-12(9)16/h6-8,13,17H,4-5H2,1-3H3. The number of hydrogen-bond acceptors (Lipinski definition) is 1. The first-order chi connectivity index (χ1) is 7.95. The first-order valence-corrected chi connectivity index (χ1v) is 7.00. The maximum atomic E-state index is 13.9. The Bertz CT molecular complexity index is 382. The van der Waals surface area contributed by atoms with E-state index in [9.17, 15) is 4.39 Å². The first-order valence-electron chi connectivity index (χ1n) is 5.83. The van der Waals surface area contributed by atoms with E-state index in [1.807, 2.05) is 6.92 Å². The zero-order chi connectivity index (χ0) is 13.0. The van der Waals surface area contributed by atoms with Crippen molar-refractivity contribution in [1.29, 1.82) is 0 Å². The second kappa shape index (κ2) is 6.72. The number of nitrogens with one attached hydrogen (secondary N) is 1. The summed E-state index contributed by atoms with van der Waals surface area (Å²) in [5, 5.41) is 3.85. The van der Waals surface area contributed by atoms with E-state index in [0.717, 1.165) is 13.0 Å². The molecule has 1 rings (SSSR count). The van der Waals surface area contributed by atoms with Crippen molar-refractivity contribution in [2.24, 2.45) is 5.92 Å². The van der Waals surface area contributed by atoms with Crippen LogP contribution in [0.3, 0.4) is 0 Å². The molecule has 1 aromatic carbocycles. The van der Waals surface area contributed by atoms with Gasteiger partial charge in [0.2, 0.25) is 0 Å². The largest absolute Gasteiger partial charge is 0.310 e. The minimum absolute atomic E-state index is 0.0191. The van der Waals surface area contributed by atoms with E-state index < -0.39 is 0 Å². The quantitative estimate of drug-likeness (QED) is 0.757. The van der Waals surface area contributed by atoms with Crippen molar-refractivity contribution >= 4 is 27.5 Å². The fraction of sp³-hybridized carbons (Fsp3) is 0.538. The molecule has 0 aliphatic rings. The molecule has 0 aliphatic carbocycles. The molecular formula is C13H18BrClFN. The highest BCUT2D eigenvalue weighted by Crippen LogP contribution is 2.31. The number of benzene rings is 1. The molecule has 1 N–H and O–H groups in total. The highest BCUT2D eigenvalue weighted by molar-refractivity contribution is 9.10. The van der Waals surface area contributed by atoms with Crippen LogP contribution in [0, 0.1) is 11.7 Å². The predicted molar refractivity (Wildman–Crippen MR) is 75.0 cm³/mol. The molecule has 0 bridgehead atoms. The SMILES string of the molecule is CCNC(CC(C)C)c1cc(Cl)c(Br)cc1F. The second-order valence-electron chi connectivity index (χ2n) is 4.53. The number of rotatable bonds is 5. The van der Waals surface area contributed by atoms with Crippen molar-refractivity contribution in [3.63, 3.8) is 0 Å². The van der Waals surface area contributed by atoms with Gasteiger partial charge in [0.1, 0.15) is 5.82 Å². The highest BCUT2D eigenvalue weighted by atomic mass is 79.9. The lowest BCUT2D eigenvalue weighted by molar-refractivity contribution is 0.423. The monoisotopic (exact) mass is 321 g/mol. The average Bonchev–Trinajstić information content (AvgIpc) is 2.22. The highest BCUT2D eigenvalue weighted by Gasteiger charge is 2.17. The fourth-order valence-corrected chi connectivity index (χ4v) is 2.33. The van der Waals surface area contributed by atoms with E-state index in [4.69, 9.17) is 11.6 Å². The normalized spacial score (nSPS) is 13.1. The third-order valence-electron chi connectivity index (χ3n) is 2.57. The van der Waals surface area contributed by atoms with E-state index in [1.165, 1.54) is 6.07 Å². The van der Waals surface area contributed by atoms with Crippen molar-refractivity contribution < 1.29 is 4.39 Å².